The Balaban J connectivity index is 1.59. The van der Waals surface area contributed by atoms with E-state index in [1.54, 1.807) is 39.0 Å². The number of amides is 4. The van der Waals surface area contributed by atoms with E-state index in [4.69, 9.17) is 4.74 Å². The van der Waals surface area contributed by atoms with E-state index in [9.17, 15) is 27.6 Å². The largest absolute Gasteiger partial charge is 0.444 e. The van der Waals surface area contributed by atoms with Crippen molar-refractivity contribution in [1.29, 1.82) is 0 Å². The standard InChI is InChI=1S/C30H39BrN4O7S/c1-29(2,3)42-28(39)32-23-15-9-7-5-4-6-8-12-20-19-30(20,33-25(36)24-16-11-17-35(24)26(23)37)27(38)34-43(40,41)22-14-10-13-21(31)18-22/h6,10,12-14,18,20,23-24H,4-5,7,9,11,15-17,19H2,1-3H3,(H,32,39)(H,33,36)(H,34,38)/t8?,20-,23+,24+,30-/m1/s1. The van der Waals surface area contributed by atoms with Crippen LogP contribution in [0.1, 0.15) is 72.1 Å². The lowest BCUT2D eigenvalue weighted by Gasteiger charge is -2.30. The molecule has 2 aliphatic heterocycles. The lowest BCUT2D eigenvalue weighted by Crippen LogP contribution is -2.58. The molecule has 3 N–H and O–H groups in total. The number of sulfonamides is 1. The number of nitrogens with one attached hydrogen (secondary N) is 3. The van der Waals surface area contributed by atoms with Crippen molar-refractivity contribution in [3.05, 3.63) is 46.6 Å². The van der Waals surface area contributed by atoms with E-state index in [0.717, 1.165) is 12.8 Å². The van der Waals surface area contributed by atoms with Gasteiger partial charge in [-0.15, -0.1) is 5.73 Å². The maximum Gasteiger partial charge on any atom is 0.408 e. The smallest absolute Gasteiger partial charge is 0.408 e. The summed E-state index contributed by atoms with van der Waals surface area (Å²) in [7, 11) is -4.23. The second-order valence-corrected chi connectivity index (χ2v) is 14.8. The van der Waals surface area contributed by atoms with Crippen LogP contribution < -0.4 is 15.4 Å². The summed E-state index contributed by atoms with van der Waals surface area (Å²) in [6, 6.07) is 4.19. The maximum atomic E-state index is 13.7. The average Bonchev–Trinajstić information content (AvgIpc) is 3.37. The van der Waals surface area contributed by atoms with Crippen molar-refractivity contribution in [3.63, 3.8) is 0 Å². The highest BCUT2D eigenvalue weighted by molar-refractivity contribution is 9.10. The van der Waals surface area contributed by atoms with Gasteiger partial charge in [0.15, 0.2) is 0 Å². The molecule has 3 aliphatic rings. The topological polar surface area (TPSA) is 151 Å². The molecule has 0 spiro atoms. The monoisotopic (exact) mass is 678 g/mol. The average molecular weight is 680 g/mol. The van der Waals surface area contributed by atoms with Gasteiger partial charge in [-0.1, -0.05) is 34.8 Å². The summed E-state index contributed by atoms with van der Waals surface area (Å²) >= 11 is 3.24. The number of carbonyl (C=O) groups is 4. The molecule has 0 radical (unpaired) electrons. The van der Waals surface area contributed by atoms with Gasteiger partial charge in [0, 0.05) is 16.9 Å². The van der Waals surface area contributed by atoms with Gasteiger partial charge in [0.25, 0.3) is 15.9 Å². The number of rotatable bonds is 4. The quantitative estimate of drug-likeness (QED) is 0.411. The zero-order valence-electron chi connectivity index (χ0n) is 24.7. The lowest BCUT2D eigenvalue weighted by molar-refractivity contribution is -0.141. The Labute approximate surface area is 261 Å². The van der Waals surface area contributed by atoms with Crippen LogP contribution in [0.2, 0.25) is 0 Å². The van der Waals surface area contributed by atoms with Gasteiger partial charge < -0.3 is 20.3 Å². The van der Waals surface area contributed by atoms with E-state index in [1.165, 1.54) is 17.0 Å². The first kappa shape index (κ1) is 32.8. The van der Waals surface area contributed by atoms with Crippen molar-refractivity contribution in [2.24, 2.45) is 5.92 Å². The summed E-state index contributed by atoms with van der Waals surface area (Å²) < 4.78 is 34.2. The van der Waals surface area contributed by atoms with E-state index in [1.807, 2.05) is 6.08 Å². The summed E-state index contributed by atoms with van der Waals surface area (Å²) in [6.07, 6.45) is 7.35. The van der Waals surface area contributed by atoms with Gasteiger partial charge in [0.1, 0.15) is 23.2 Å². The highest BCUT2D eigenvalue weighted by Gasteiger charge is 2.61. The van der Waals surface area contributed by atoms with Crippen molar-refractivity contribution in [2.75, 3.05) is 6.54 Å². The summed E-state index contributed by atoms with van der Waals surface area (Å²) in [4.78, 5) is 54.9. The lowest BCUT2D eigenvalue weighted by atomic mass is 10.0. The highest BCUT2D eigenvalue weighted by atomic mass is 79.9. The maximum absolute atomic E-state index is 13.7. The Hall–Kier alpha value is -3.15. The molecule has 0 unspecified atom stereocenters. The third-order valence-corrected chi connectivity index (χ3v) is 9.51. The molecule has 1 aliphatic carbocycles. The minimum Gasteiger partial charge on any atom is -0.444 e. The fourth-order valence-electron chi connectivity index (χ4n) is 5.41. The second-order valence-electron chi connectivity index (χ2n) is 12.2. The fraction of sp³-hybridized carbons (Fsp3) is 0.567. The highest BCUT2D eigenvalue weighted by Crippen LogP contribution is 2.45. The molecule has 1 aromatic rings. The molecule has 2 fully saturated rings. The van der Waals surface area contributed by atoms with Gasteiger partial charge in [-0.25, -0.2) is 17.9 Å². The third-order valence-electron chi connectivity index (χ3n) is 7.68. The molecule has 2 heterocycles. The number of alkyl carbamates (subject to hydrolysis) is 1. The van der Waals surface area contributed by atoms with Crippen molar-refractivity contribution in [2.45, 2.75) is 100 Å². The van der Waals surface area contributed by atoms with Gasteiger partial charge in [-0.05, 0) is 89.6 Å². The first-order chi connectivity index (χ1) is 20.2. The first-order valence-electron chi connectivity index (χ1n) is 14.6. The summed E-state index contributed by atoms with van der Waals surface area (Å²) in [6.45, 7) is 5.51. The fourth-order valence-corrected chi connectivity index (χ4v) is 7.04. The summed E-state index contributed by atoms with van der Waals surface area (Å²) in [5.74, 6) is -2.28. The predicted octanol–water partition coefficient (Wildman–Crippen LogP) is 3.69. The van der Waals surface area contributed by atoms with Crippen molar-refractivity contribution >= 4 is 49.8 Å². The van der Waals surface area contributed by atoms with Crippen LogP contribution in [0.4, 0.5) is 4.79 Å². The SMILES string of the molecule is CC(C)(C)OC(=O)N[C@H]1CCCCCC=C=C[C@@H]2C[C@@]2(C(=O)NS(=O)(=O)c2cccc(Br)c2)NC(=O)[C@@H]2CCCN2C1=O. The molecule has 11 nitrogen and oxygen atoms in total. The molecule has 43 heavy (non-hydrogen) atoms. The molecule has 1 aromatic carbocycles. The Kier molecular flexibility index (Phi) is 10.1. The zero-order valence-corrected chi connectivity index (χ0v) is 27.1. The van der Waals surface area contributed by atoms with Gasteiger partial charge in [-0.2, -0.15) is 0 Å². The van der Waals surface area contributed by atoms with Gasteiger partial charge in [-0.3, -0.25) is 14.4 Å². The van der Waals surface area contributed by atoms with Crippen molar-refractivity contribution in [1.82, 2.24) is 20.3 Å². The molecule has 4 rings (SSSR count). The number of hydrogen-bond donors (Lipinski definition) is 3. The Morgan fingerprint density at radius 1 is 1.14 bits per heavy atom. The number of benzene rings is 1. The van der Waals surface area contributed by atoms with E-state index < -0.39 is 63.0 Å². The van der Waals surface area contributed by atoms with Crippen molar-refractivity contribution in [3.8, 4) is 0 Å². The Morgan fingerprint density at radius 2 is 1.91 bits per heavy atom. The number of fused-ring (bicyclic) bond motifs is 2. The summed E-state index contributed by atoms with van der Waals surface area (Å²) in [5, 5.41) is 5.50. The van der Waals surface area contributed by atoms with Crippen LogP contribution in [-0.4, -0.2) is 66.9 Å². The molecule has 1 saturated carbocycles. The number of nitrogens with zero attached hydrogens (tertiary/aromatic N) is 1. The van der Waals surface area contributed by atoms with Gasteiger partial charge >= 0.3 is 6.09 Å². The Bertz CT molecular complexity index is 1430. The third kappa shape index (κ3) is 8.27. The van der Waals surface area contributed by atoms with Crippen LogP contribution in [-0.2, 0) is 29.1 Å². The normalized spacial score (nSPS) is 26.6. The second kappa shape index (κ2) is 13.2. The number of halogens is 1. The molecule has 234 valence electrons. The van der Waals surface area contributed by atoms with Crippen LogP contribution >= 0.6 is 15.9 Å². The van der Waals surface area contributed by atoms with E-state index in [0.29, 0.717) is 43.1 Å². The molecule has 0 aromatic heterocycles. The molecule has 13 heteroatoms. The minimum absolute atomic E-state index is 0.102. The van der Waals surface area contributed by atoms with E-state index in [2.05, 4.69) is 37.0 Å². The van der Waals surface area contributed by atoms with Crippen LogP contribution in [0.5, 0.6) is 0 Å². The first-order valence-corrected chi connectivity index (χ1v) is 16.9. The number of carbonyl (C=O) groups excluding carboxylic acids is 4. The minimum atomic E-state index is -4.23. The molecule has 1 saturated heterocycles. The molecule has 4 atom stereocenters. The molecule has 4 amide bonds. The van der Waals surface area contributed by atoms with Gasteiger partial charge in [0.2, 0.25) is 11.8 Å². The molecular formula is C30H39BrN4O7S. The molecular weight excluding hydrogens is 640 g/mol. The van der Waals surface area contributed by atoms with E-state index in [-0.39, 0.29) is 11.3 Å². The molecule has 0 bridgehead atoms. The number of hydrogen-bond acceptors (Lipinski definition) is 7. The predicted molar refractivity (Wildman–Crippen MR) is 162 cm³/mol. The van der Waals surface area contributed by atoms with Gasteiger partial charge in [0.05, 0.1) is 4.90 Å². The van der Waals surface area contributed by atoms with Crippen molar-refractivity contribution < 1.29 is 32.3 Å². The van der Waals surface area contributed by atoms with Crippen LogP contribution in [0.25, 0.3) is 0 Å². The Morgan fingerprint density at radius 3 is 2.63 bits per heavy atom. The number of ether oxygens (including phenoxy) is 1. The van der Waals surface area contributed by atoms with Crippen LogP contribution in [0, 0.1) is 5.92 Å². The van der Waals surface area contributed by atoms with E-state index >= 15 is 0 Å². The zero-order chi connectivity index (χ0) is 31.4. The van der Waals surface area contributed by atoms with Crippen LogP contribution in [0.3, 0.4) is 0 Å². The summed E-state index contributed by atoms with van der Waals surface area (Å²) in [5.41, 5.74) is 0.827. The van der Waals surface area contributed by atoms with Crippen LogP contribution in [0.15, 0.2) is 51.5 Å².